The van der Waals surface area contributed by atoms with Crippen LogP contribution < -0.4 is 15.5 Å². The van der Waals surface area contributed by atoms with Gasteiger partial charge in [0.25, 0.3) is 5.91 Å². The molecule has 152 valence electrons. The fourth-order valence-corrected chi connectivity index (χ4v) is 3.05. The summed E-state index contributed by atoms with van der Waals surface area (Å²) in [6.45, 7) is 2.09. The maximum absolute atomic E-state index is 12.3. The van der Waals surface area contributed by atoms with Crippen LogP contribution >= 0.6 is 15.9 Å². The summed E-state index contributed by atoms with van der Waals surface area (Å²) in [5.41, 5.74) is 5.56. The van der Waals surface area contributed by atoms with E-state index in [9.17, 15) is 9.59 Å². The van der Waals surface area contributed by atoms with Gasteiger partial charge in [0.05, 0.1) is 18.3 Å². The van der Waals surface area contributed by atoms with E-state index in [4.69, 9.17) is 4.74 Å². The maximum Gasteiger partial charge on any atom is 0.344 e. The lowest BCUT2D eigenvalue weighted by Crippen LogP contribution is -2.25. The van der Waals surface area contributed by atoms with Gasteiger partial charge < -0.3 is 10.1 Å². The second-order valence-corrected chi connectivity index (χ2v) is 7.31. The van der Waals surface area contributed by atoms with Crippen molar-refractivity contribution in [3.63, 3.8) is 0 Å². The van der Waals surface area contributed by atoms with Crippen molar-refractivity contribution in [2.75, 3.05) is 11.9 Å². The van der Waals surface area contributed by atoms with Crippen molar-refractivity contribution in [3.05, 3.63) is 94.0 Å². The van der Waals surface area contributed by atoms with Crippen molar-refractivity contribution in [1.29, 1.82) is 0 Å². The van der Waals surface area contributed by atoms with Crippen LogP contribution in [0.15, 0.2) is 82.4 Å². The fourth-order valence-electron chi connectivity index (χ4n) is 2.60. The zero-order valence-corrected chi connectivity index (χ0v) is 17.8. The number of halogens is 1. The highest BCUT2D eigenvalue weighted by molar-refractivity contribution is 9.10. The molecule has 0 saturated heterocycles. The minimum absolute atomic E-state index is 0.102. The summed E-state index contributed by atoms with van der Waals surface area (Å²) >= 11 is 3.34. The van der Waals surface area contributed by atoms with E-state index in [1.807, 2.05) is 37.3 Å². The van der Waals surface area contributed by atoms with Gasteiger partial charge in [0.15, 0.2) is 0 Å². The number of carbonyl (C=O) groups is 2. The average molecular weight is 466 g/mol. The largest absolute Gasteiger partial charge is 0.423 e. The van der Waals surface area contributed by atoms with Crippen molar-refractivity contribution >= 4 is 39.7 Å². The summed E-state index contributed by atoms with van der Waals surface area (Å²) in [7, 11) is 0. The molecule has 0 radical (unpaired) electrons. The van der Waals surface area contributed by atoms with Gasteiger partial charge in [0.1, 0.15) is 5.75 Å². The summed E-state index contributed by atoms with van der Waals surface area (Å²) in [6.07, 6.45) is 1.49. The van der Waals surface area contributed by atoms with Gasteiger partial charge in [-0.15, -0.1) is 0 Å². The molecule has 1 amide bonds. The number of nitrogens with zero attached hydrogens (tertiary/aromatic N) is 1. The van der Waals surface area contributed by atoms with Gasteiger partial charge in [-0.05, 0) is 70.4 Å². The normalized spacial score (nSPS) is 10.6. The molecule has 0 aliphatic heterocycles. The molecule has 0 saturated carbocycles. The predicted octanol–water partition coefficient (Wildman–Crippen LogP) is 4.54. The molecule has 0 aliphatic carbocycles. The number of aryl methyl sites for hydroxylation is 1. The van der Waals surface area contributed by atoms with Crippen LogP contribution in [0.1, 0.15) is 21.5 Å². The molecule has 7 heteroatoms. The van der Waals surface area contributed by atoms with E-state index in [-0.39, 0.29) is 12.5 Å². The molecule has 0 aliphatic rings. The smallest absolute Gasteiger partial charge is 0.344 e. The molecular weight excluding hydrogens is 446 g/mol. The Morgan fingerprint density at radius 1 is 1.03 bits per heavy atom. The molecule has 0 heterocycles. The van der Waals surface area contributed by atoms with E-state index in [1.165, 1.54) is 6.21 Å². The predicted molar refractivity (Wildman–Crippen MR) is 121 cm³/mol. The Hall–Kier alpha value is -3.45. The first-order valence-corrected chi connectivity index (χ1v) is 10.00. The first-order chi connectivity index (χ1) is 14.5. The van der Waals surface area contributed by atoms with Gasteiger partial charge >= 0.3 is 5.97 Å². The lowest BCUT2D eigenvalue weighted by atomic mass is 10.2. The second kappa shape index (κ2) is 10.4. The third kappa shape index (κ3) is 6.28. The van der Waals surface area contributed by atoms with E-state index in [0.29, 0.717) is 21.3 Å². The number of benzene rings is 3. The van der Waals surface area contributed by atoms with E-state index >= 15 is 0 Å². The molecular formula is C23H20BrN3O3. The van der Waals surface area contributed by atoms with Gasteiger partial charge in [-0.25, -0.2) is 10.2 Å². The monoisotopic (exact) mass is 465 g/mol. The number of hydrazone groups is 1. The lowest BCUT2D eigenvalue weighted by Gasteiger charge is -2.07. The van der Waals surface area contributed by atoms with Gasteiger partial charge in [0.2, 0.25) is 0 Å². The Morgan fingerprint density at radius 2 is 1.83 bits per heavy atom. The number of amides is 1. The van der Waals surface area contributed by atoms with Crippen molar-refractivity contribution in [2.24, 2.45) is 5.10 Å². The van der Waals surface area contributed by atoms with Gasteiger partial charge in [-0.1, -0.05) is 36.4 Å². The van der Waals surface area contributed by atoms with Gasteiger partial charge in [-0.3, -0.25) is 4.79 Å². The minimum Gasteiger partial charge on any atom is -0.423 e. The molecule has 30 heavy (non-hydrogen) atoms. The zero-order chi connectivity index (χ0) is 21.3. The zero-order valence-electron chi connectivity index (χ0n) is 16.3. The SMILES string of the molecule is Cc1cccc(NCC(=O)N/N=C\c2cccc(OC(=O)c3ccccc3Br)c2)c1. The lowest BCUT2D eigenvalue weighted by molar-refractivity contribution is -0.119. The second-order valence-electron chi connectivity index (χ2n) is 6.46. The van der Waals surface area contributed by atoms with Crippen LogP contribution in [-0.4, -0.2) is 24.6 Å². The van der Waals surface area contributed by atoms with Crippen LogP contribution in [0.5, 0.6) is 5.75 Å². The van der Waals surface area contributed by atoms with Crippen LogP contribution in [-0.2, 0) is 4.79 Å². The molecule has 0 atom stereocenters. The average Bonchev–Trinajstić information content (AvgIpc) is 2.73. The summed E-state index contributed by atoms with van der Waals surface area (Å²) in [5, 5.41) is 6.99. The third-order valence-electron chi connectivity index (χ3n) is 4.04. The highest BCUT2D eigenvalue weighted by Gasteiger charge is 2.11. The van der Waals surface area contributed by atoms with E-state index in [0.717, 1.165) is 11.3 Å². The molecule has 3 aromatic rings. The molecule has 0 bridgehead atoms. The summed E-state index contributed by atoms with van der Waals surface area (Å²) in [6, 6.07) is 21.7. The van der Waals surface area contributed by atoms with Crippen LogP contribution in [0.25, 0.3) is 0 Å². The Morgan fingerprint density at radius 3 is 2.63 bits per heavy atom. The first-order valence-electron chi connectivity index (χ1n) is 9.20. The molecule has 0 fully saturated rings. The minimum atomic E-state index is -0.466. The van der Waals surface area contributed by atoms with Crippen LogP contribution in [0.4, 0.5) is 5.69 Å². The molecule has 0 spiro atoms. The van der Waals surface area contributed by atoms with E-state index < -0.39 is 5.97 Å². The number of ether oxygens (including phenoxy) is 1. The number of carbonyl (C=O) groups excluding carboxylic acids is 2. The Balaban J connectivity index is 1.53. The van der Waals surface area contributed by atoms with Crippen molar-refractivity contribution in [1.82, 2.24) is 5.43 Å². The third-order valence-corrected chi connectivity index (χ3v) is 4.73. The number of hydrogen-bond acceptors (Lipinski definition) is 5. The standard InChI is InChI=1S/C23H20BrN3O3/c1-16-6-4-8-18(12-16)25-15-22(28)27-26-14-17-7-5-9-19(13-17)30-23(29)20-10-2-3-11-21(20)24/h2-14,25H,15H2,1H3,(H,27,28)/b26-14-. The summed E-state index contributed by atoms with van der Waals surface area (Å²) < 4.78 is 6.08. The summed E-state index contributed by atoms with van der Waals surface area (Å²) in [5.74, 6) is -0.358. The molecule has 3 aromatic carbocycles. The van der Waals surface area contributed by atoms with E-state index in [1.54, 1.807) is 42.5 Å². The maximum atomic E-state index is 12.3. The van der Waals surface area contributed by atoms with Gasteiger partial charge in [-0.2, -0.15) is 5.10 Å². The van der Waals surface area contributed by atoms with Crippen molar-refractivity contribution < 1.29 is 14.3 Å². The molecule has 6 nitrogen and oxygen atoms in total. The van der Waals surface area contributed by atoms with Crippen molar-refractivity contribution in [3.8, 4) is 5.75 Å². The van der Waals surface area contributed by atoms with Crippen LogP contribution in [0.3, 0.4) is 0 Å². The summed E-state index contributed by atoms with van der Waals surface area (Å²) in [4.78, 5) is 24.2. The number of rotatable bonds is 7. The molecule has 3 rings (SSSR count). The van der Waals surface area contributed by atoms with Crippen molar-refractivity contribution in [2.45, 2.75) is 6.92 Å². The molecule has 2 N–H and O–H groups in total. The van der Waals surface area contributed by atoms with Crippen LogP contribution in [0.2, 0.25) is 0 Å². The first kappa shape index (κ1) is 21.3. The number of anilines is 1. The Bertz CT molecular complexity index is 1080. The number of esters is 1. The number of nitrogens with one attached hydrogen (secondary N) is 2. The molecule has 0 aromatic heterocycles. The molecule has 0 unspecified atom stereocenters. The van der Waals surface area contributed by atoms with Crippen LogP contribution in [0, 0.1) is 6.92 Å². The highest BCUT2D eigenvalue weighted by Crippen LogP contribution is 2.19. The number of hydrogen-bond donors (Lipinski definition) is 2. The Kier molecular flexibility index (Phi) is 7.34. The Labute approximate surface area is 183 Å². The topological polar surface area (TPSA) is 79.8 Å². The van der Waals surface area contributed by atoms with Gasteiger partial charge in [0, 0.05) is 10.2 Å². The fraction of sp³-hybridized carbons (Fsp3) is 0.0870. The highest BCUT2D eigenvalue weighted by atomic mass is 79.9. The van der Waals surface area contributed by atoms with E-state index in [2.05, 4.69) is 31.8 Å². The quantitative estimate of drug-likeness (QED) is 0.232.